The molecule has 3 N–H and O–H groups in total. The van der Waals surface area contributed by atoms with Gasteiger partial charge in [0.1, 0.15) is 17.0 Å². The first-order valence-electron chi connectivity index (χ1n) is 6.21. The van der Waals surface area contributed by atoms with Crippen molar-refractivity contribution in [2.24, 2.45) is 0 Å². The molecule has 6 nitrogen and oxygen atoms in total. The molecule has 21 heavy (non-hydrogen) atoms. The Kier molecular flexibility index (Phi) is 7.08. The number of rotatable bonds is 4. The van der Waals surface area contributed by atoms with E-state index in [4.69, 9.17) is 16.1 Å². The highest BCUT2D eigenvalue weighted by Gasteiger charge is 2.16. The normalized spacial score (nSPS) is 9.67. The molecule has 0 unspecified atom stereocenters. The van der Waals surface area contributed by atoms with Crippen molar-refractivity contribution in [2.75, 3.05) is 12.3 Å². The van der Waals surface area contributed by atoms with Crippen molar-refractivity contribution in [2.45, 2.75) is 26.8 Å². The van der Waals surface area contributed by atoms with Crippen LogP contribution in [0.15, 0.2) is 11.7 Å². The number of nitrogens with two attached hydrogens (primary N) is 1. The van der Waals surface area contributed by atoms with Gasteiger partial charge < -0.3 is 10.8 Å². The van der Waals surface area contributed by atoms with E-state index in [-0.39, 0.29) is 6.61 Å². The number of thiazole rings is 1. The number of aliphatic hydroxyl groups excluding tert-OH is 1. The molecule has 0 aliphatic heterocycles. The second-order valence-corrected chi connectivity index (χ2v) is 5.40. The Hall–Kier alpha value is -1.69. The molecule has 2 heterocycles. The molecule has 0 atom stereocenters. The van der Waals surface area contributed by atoms with Crippen molar-refractivity contribution in [1.29, 1.82) is 5.26 Å². The third-order valence-corrected chi connectivity index (χ3v) is 4.00. The van der Waals surface area contributed by atoms with Crippen molar-refractivity contribution in [1.82, 2.24) is 9.97 Å². The van der Waals surface area contributed by atoms with E-state index in [9.17, 15) is 0 Å². The molecule has 2 aromatic heterocycles. The number of hydrogen-bond acceptors (Lipinski definition) is 7. The van der Waals surface area contributed by atoms with E-state index in [2.05, 4.69) is 27.2 Å². The minimum absolute atomic E-state index is 0.178. The van der Waals surface area contributed by atoms with Crippen LogP contribution in [0.5, 0.6) is 0 Å². The van der Waals surface area contributed by atoms with Crippen molar-refractivity contribution in [3.8, 4) is 5.40 Å². The van der Waals surface area contributed by atoms with Crippen LogP contribution in [0.4, 0.5) is 5.82 Å². The largest absolute Gasteiger partial charge is 0.396 e. The summed E-state index contributed by atoms with van der Waals surface area (Å²) in [6, 6.07) is 0. The zero-order valence-electron chi connectivity index (χ0n) is 11.9. The van der Waals surface area contributed by atoms with E-state index in [1.54, 1.807) is 17.5 Å². The minimum atomic E-state index is 0.178. The Morgan fingerprint density at radius 1 is 1.52 bits per heavy atom. The summed E-state index contributed by atoms with van der Waals surface area (Å²) in [6.07, 6.45) is 2.47. The van der Waals surface area contributed by atoms with E-state index < -0.39 is 0 Å². The van der Waals surface area contributed by atoms with Gasteiger partial charge in [0.25, 0.3) is 0 Å². The highest BCUT2D eigenvalue weighted by molar-refractivity contribution is 7.85. The number of hydrogen-bond donors (Lipinski definition) is 3. The van der Waals surface area contributed by atoms with E-state index >= 15 is 0 Å². The van der Waals surface area contributed by atoms with Crippen molar-refractivity contribution in [3.63, 3.8) is 0 Å². The van der Waals surface area contributed by atoms with E-state index in [0.29, 0.717) is 24.6 Å². The molecule has 112 valence electrons. The number of anilines is 1. The summed E-state index contributed by atoms with van der Waals surface area (Å²) in [5, 5.41) is 17.6. The number of nitriles is 1. The molecule has 8 heteroatoms. The smallest absolute Gasteiger partial charge is 0.225 e. The summed E-state index contributed by atoms with van der Waals surface area (Å²) in [5.74, 6) is 1.22. The predicted molar refractivity (Wildman–Crippen MR) is 84.9 cm³/mol. The molecule has 0 aliphatic carbocycles. The lowest BCUT2D eigenvalue weighted by molar-refractivity contribution is -0.689. The summed E-state index contributed by atoms with van der Waals surface area (Å²) in [6.45, 7) is 4.71. The second-order valence-electron chi connectivity index (χ2n) is 4.26. The van der Waals surface area contributed by atoms with Crippen LogP contribution >= 0.6 is 24.0 Å². The van der Waals surface area contributed by atoms with Crippen LogP contribution in [0, 0.1) is 24.5 Å². The summed E-state index contributed by atoms with van der Waals surface area (Å²) in [4.78, 5) is 9.53. The lowest BCUT2D eigenvalue weighted by Gasteiger charge is -2.01. The van der Waals surface area contributed by atoms with Gasteiger partial charge in [-0.1, -0.05) is 24.0 Å². The van der Waals surface area contributed by atoms with Crippen LogP contribution in [0.1, 0.15) is 22.0 Å². The standard InChI is InChI=1S/C12H17N4OS.CHNS/c1-8-11(3-4-17)18-7-16(8)6-10-5-14-9(2)15-12(10)13;2-1-3/h5,7,17H,3-4,6H2,1-2H3,(H2,13,14,15);3H/q+1;. The Morgan fingerprint density at radius 2 is 2.19 bits per heavy atom. The maximum Gasteiger partial charge on any atom is 0.225 e. The van der Waals surface area contributed by atoms with Crippen molar-refractivity contribution in [3.05, 3.63) is 33.7 Å². The topological polar surface area (TPSA) is 99.7 Å². The van der Waals surface area contributed by atoms with Gasteiger partial charge >= 0.3 is 0 Å². The number of thiol groups is 1. The van der Waals surface area contributed by atoms with Gasteiger partial charge in [0.15, 0.2) is 12.2 Å². The van der Waals surface area contributed by atoms with Gasteiger partial charge in [0.2, 0.25) is 5.51 Å². The van der Waals surface area contributed by atoms with E-state index in [1.165, 1.54) is 10.3 Å². The zero-order valence-corrected chi connectivity index (χ0v) is 13.7. The summed E-state index contributed by atoms with van der Waals surface area (Å²) >= 11 is 4.74. The van der Waals surface area contributed by atoms with Crippen LogP contribution in [0.2, 0.25) is 0 Å². The van der Waals surface area contributed by atoms with E-state index in [1.807, 2.05) is 19.4 Å². The molecule has 0 amide bonds. The number of aliphatic hydroxyl groups is 1. The number of nitrogens with zero attached hydrogens (tertiary/aromatic N) is 4. The van der Waals surface area contributed by atoms with Crippen molar-refractivity contribution >= 4 is 29.8 Å². The SMILES string of the molecule is Cc1ncc(C[n+]2csc(CCO)c2C)c(N)n1.N#CS. The monoisotopic (exact) mass is 324 g/mol. The van der Waals surface area contributed by atoms with Crippen LogP contribution < -0.4 is 10.3 Å². The Balaban J connectivity index is 0.000000677. The Labute approximate surface area is 133 Å². The van der Waals surface area contributed by atoms with Crippen molar-refractivity contribution < 1.29 is 9.67 Å². The van der Waals surface area contributed by atoms with Gasteiger partial charge in [0, 0.05) is 26.1 Å². The first-order chi connectivity index (χ1) is 10.0. The highest BCUT2D eigenvalue weighted by atomic mass is 32.1. The third-order valence-electron chi connectivity index (χ3n) is 2.85. The summed E-state index contributed by atoms with van der Waals surface area (Å²) in [5.41, 5.74) is 10.0. The molecular formula is C13H18N5OS2+. The quantitative estimate of drug-likeness (QED) is 0.443. The fraction of sp³-hybridized carbons (Fsp3) is 0.385. The lowest BCUT2D eigenvalue weighted by atomic mass is 10.2. The molecule has 0 saturated carbocycles. The van der Waals surface area contributed by atoms with Crippen LogP contribution in [-0.4, -0.2) is 21.7 Å². The Bertz CT molecular complexity index is 636. The fourth-order valence-corrected chi connectivity index (χ4v) is 2.75. The first-order valence-corrected chi connectivity index (χ1v) is 7.54. The molecule has 0 bridgehead atoms. The average molecular weight is 324 g/mol. The molecule has 0 spiro atoms. The predicted octanol–water partition coefficient (Wildman–Crippen LogP) is 1.01. The number of thiocyanates is 1. The maximum absolute atomic E-state index is 8.98. The molecule has 0 saturated heterocycles. The third kappa shape index (κ3) is 4.97. The number of aryl methyl sites for hydroxylation is 1. The van der Waals surface area contributed by atoms with Gasteiger partial charge in [-0.25, -0.2) is 9.97 Å². The molecule has 0 fully saturated rings. The van der Waals surface area contributed by atoms with Crippen LogP contribution in [0.3, 0.4) is 0 Å². The average Bonchev–Trinajstić information content (AvgIpc) is 2.76. The summed E-state index contributed by atoms with van der Waals surface area (Å²) < 4.78 is 2.11. The molecular weight excluding hydrogens is 306 g/mol. The fourth-order valence-electron chi connectivity index (χ4n) is 1.77. The van der Waals surface area contributed by atoms with E-state index in [0.717, 1.165) is 11.3 Å². The molecule has 0 aromatic carbocycles. The molecule has 0 radical (unpaired) electrons. The first kappa shape index (κ1) is 17.4. The lowest BCUT2D eigenvalue weighted by Crippen LogP contribution is -2.35. The zero-order chi connectivity index (χ0) is 15.8. The number of aromatic nitrogens is 3. The number of nitrogen functional groups attached to an aromatic ring is 1. The van der Waals surface area contributed by atoms with Crippen LogP contribution in [0.25, 0.3) is 0 Å². The molecule has 2 rings (SSSR count). The maximum atomic E-state index is 8.98. The van der Waals surface area contributed by atoms with Gasteiger partial charge in [-0.15, -0.1) is 0 Å². The Morgan fingerprint density at radius 3 is 2.76 bits per heavy atom. The molecule has 0 aliphatic rings. The minimum Gasteiger partial charge on any atom is -0.396 e. The molecule has 2 aromatic rings. The van der Waals surface area contributed by atoms with Crippen LogP contribution in [-0.2, 0) is 13.0 Å². The summed E-state index contributed by atoms with van der Waals surface area (Å²) in [7, 11) is 0. The second kappa shape index (κ2) is 8.56. The van der Waals surface area contributed by atoms with Gasteiger partial charge in [-0.05, 0) is 6.92 Å². The van der Waals surface area contributed by atoms with Gasteiger partial charge in [-0.2, -0.15) is 9.83 Å². The van der Waals surface area contributed by atoms with Gasteiger partial charge in [-0.3, -0.25) is 0 Å². The highest BCUT2D eigenvalue weighted by Crippen LogP contribution is 2.13. The van der Waals surface area contributed by atoms with Gasteiger partial charge in [0.05, 0.1) is 10.4 Å².